The van der Waals surface area contributed by atoms with Gasteiger partial charge in [0.25, 0.3) is 0 Å². The molecule has 0 aliphatic heterocycles. The summed E-state index contributed by atoms with van der Waals surface area (Å²) in [5, 5.41) is 26.3. The lowest BCUT2D eigenvalue weighted by Gasteiger charge is -2.20. The van der Waals surface area contributed by atoms with Crippen LogP contribution in [0.15, 0.2) is 30.3 Å². The van der Waals surface area contributed by atoms with Crippen LogP contribution in [0, 0.1) is 11.8 Å². The van der Waals surface area contributed by atoms with Crippen LogP contribution in [-0.2, 0) is 25.5 Å². The number of aliphatic hydroxyl groups excluding tert-OH is 1. The molecule has 1 aromatic carbocycles. The molecule has 0 saturated carbocycles. The molecule has 0 aliphatic carbocycles. The Kier molecular flexibility index (Phi) is 11.7. The fourth-order valence-electron chi connectivity index (χ4n) is 2.84. The number of esters is 1. The molecule has 0 heterocycles. The van der Waals surface area contributed by atoms with Crippen molar-refractivity contribution in [3.05, 3.63) is 35.9 Å². The molecular formula is C21H31N3O7. The van der Waals surface area contributed by atoms with Gasteiger partial charge in [-0.1, -0.05) is 37.3 Å². The van der Waals surface area contributed by atoms with E-state index in [2.05, 4.69) is 16.0 Å². The molecule has 1 aromatic rings. The number of urea groups is 1. The van der Waals surface area contributed by atoms with Crippen LogP contribution in [0.2, 0.25) is 0 Å². The highest BCUT2D eigenvalue weighted by atomic mass is 16.5. The van der Waals surface area contributed by atoms with Crippen LogP contribution >= 0.6 is 0 Å². The SMILES string of the molecule is CC(=O)NCCOC(=O)[C@H](CO)C[C@H](C)CNC(=O)N[C@@H](Cc1ccccc1)C(=O)O. The predicted molar refractivity (Wildman–Crippen MR) is 112 cm³/mol. The van der Waals surface area contributed by atoms with Gasteiger partial charge in [0.05, 0.1) is 19.1 Å². The van der Waals surface area contributed by atoms with Crippen molar-refractivity contribution in [1.29, 1.82) is 0 Å². The second-order valence-corrected chi connectivity index (χ2v) is 7.31. The number of carboxylic acid groups (broad SMARTS) is 1. The molecule has 10 heteroatoms. The molecule has 3 atom stereocenters. The summed E-state index contributed by atoms with van der Waals surface area (Å²) >= 11 is 0. The molecule has 0 saturated heterocycles. The Morgan fingerprint density at radius 1 is 1.10 bits per heavy atom. The van der Waals surface area contributed by atoms with E-state index in [0.29, 0.717) is 0 Å². The summed E-state index contributed by atoms with van der Waals surface area (Å²) in [6, 6.07) is 7.25. The Bertz CT molecular complexity index is 727. The number of amides is 3. The van der Waals surface area contributed by atoms with Gasteiger partial charge >= 0.3 is 18.0 Å². The Balaban J connectivity index is 2.41. The molecule has 172 valence electrons. The van der Waals surface area contributed by atoms with E-state index in [1.54, 1.807) is 31.2 Å². The lowest BCUT2D eigenvalue weighted by Crippen LogP contribution is -2.48. The average Bonchev–Trinajstić information content (AvgIpc) is 2.73. The van der Waals surface area contributed by atoms with Gasteiger partial charge in [-0.2, -0.15) is 0 Å². The Labute approximate surface area is 181 Å². The molecule has 10 nitrogen and oxygen atoms in total. The minimum absolute atomic E-state index is 0.00193. The Morgan fingerprint density at radius 2 is 1.77 bits per heavy atom. The minimum atomic E-state index is -1.14. The maximum Gasteiger partial charge on any atom is 0.326 e. The van der Waals surface area contributed by atoms with Gasteiger partial charge in [-0.05, 0) is 17.9 Å². The highest BCUT2D eigenvalue weighted by molar-refractivity contribution is 5.82. The number of carbonyl (C=O) groups excluding carboxylic acids is 3. The molecule has 1 rings (SSSR count). The zero-order valence-electron chi connectivity index (χ0n) is 17.8. The lowest BCUT2D eigenvalue weighted by atomic mass is 9.96. The summed E-state index contributed by atoms with van der Waals surface area (Å²) in [6.45, 7) is 3.09. The summed E-state index contributed by atoms with van der Waals surface area (Å²) in [5.74, 6) is -2.90. The summed E-state index contributed by atoms with van der Waals surface area (Å²) in [6.07, 6.45) is 0.415. The van der Waals surface area contributed by atoms with Crippen molar-refractivity contribution in [1.82, 2.24) is 16.0 Å². The monoisotopic (exact) mass is 437 g/mol. The van der Waals surface area contributed by atoms with Gasteiger partial charge in [0, 0.05) is 19.9 Å². The van der Waals surface area contributed by atoms with E-state index >= 15 is 0 Å². The number of ether oxygens (including phenoxy) is 1. The first kappa shape index (κ1) is 25.9. The second-order valence-electron chi connectivity index (χ2n) is 7.31. The summed E-state index contributed by atoms with van der Waals surface area (Å²) in [7, 11) is 0. The van der Waals surface area contributed by atoms with E-state index in [9.17, 15) is 29.4 Å². The van der Waals surface area contributed by atoms with Crippen LogP contribution in [0.3, 0.4) is 0 Å². The third kappa shape index (κ3) is 11.0. The van der Waals surface area contributed by atoms with Crippen molar-refractivity contribution >= 4 is 23.9 Å². The highest BCUT2D eigenvalue weighted by Gasteiger charge is 2.23. The zero-order chi connectivity index (χ0) is 23.2. The largest absolute Gasteiger partial charge is 0.480 e. The van der Waals surface area contributed by atoms with E-state index in [0.717, 1.165) is 5.56 Å². The van der Waals surface area contributed by atoms with E-state index in [-0.39, 0.29) is 44.4 Å². The summed E-state index contributed by atoms with van der Waals surface area (Å²) < 4.78 is 5.03. The van der Waals surface area contributed by atoms with Crippen molar-refractivity contribution < 1.29 is 34.1 Å². The van der Waals surface area contributed by atoms with Crippen LogP contribution in [0.4, 0.5) is 4.79 Å². The number of aliphatic carboxylic acids is 1. The van der Waals surface area contributed by atoms with Gasteiger partial charge in [0.2, 0.25) is 5.91 Å². The quantitative estimate of drug-likeness (QED) is 0.220. The predicted octanol–water partition coefficient (Wildman–Crippen LogP) is 0.296. The van der Waals surface area contributed by atoms with E-state index in [1.807, 2.05) is 6.07 Å². The maximum atomic E-state index is 12.1. The molecular weight excluding hydrogens is 406 g/mol. The standard InChI is InChI=1S/C21H31N3O7/c1-14(10-17(13-25)20(29)31-9-8-22-15(2)26)12-23-21(30)24-18(19(27)28)11-16-6-4-3-5-7-16/h3-7,14,17-18,25H,8-13H2,1-2H3,(H,22,26)(H,27,28)(H2,23,24,30)/t14-,17-,18-/m0/s1. The highest BCUT2D eigenvalue weighted by Crippen LogP contribution is 2.13. The normalized spacial score (nSPS) is 13.4. The number of carboxylic acids is 1. The van der Waals surface area contributed by atoms with Gasteiger partial charge in [-0.15, -0.1) is 0 Å². The maximum absolute atomic E-state index is 12.1. The first-order valence-corrected chi connectivity index (χ1v) is 10.1. The minimum Gasteiger partial charge on any atom is -0.480 e. The molecule has 3 amide bonds. The van der Waals surface area contributed by atoms with Crippen LogP contribution in [0.1, 0.15) is 25.8 Å². The molecule has 0 unspecified atom stereocenters. The van der Waals surface area contributed by atoms with Crippen LogP contribution in [0.25, 0.3) is 0 Å². The smallest absolute Gasteiger partial charge is 0.326 e. The van der Waals surface area contributed by atoms with Crippen molar-refractivity contribution in [2.24, 2.45) is 11.8 Å². The number of rotatable bonds is 13. The summed E-state index contributed by atoms with van der Waals surface area (Å²) in [4.78, 5) is 46.4. The van der Waals surface area contributed by atoms with Gasteiger partial charge < -0.3 is 30.9 Å². The number of carbonyl (C=O) groups is 4. The number of benzene rings is 1. The van der Waals surface area contributed by atoms with Gasteiger partial charge in [0.15, 0.2) is 0 Å². The van der Waals surface area contributed by atoms with Gasteiger partial charge in [-0.3, -0.25) is 9.59 Å². The van der Waals surface area contributed by atoms with Crippen LogP contribution < -0.4 is 16.0 Å². The van der Waals surface area contributed by atoms with E-state index in [4.69, 9.17) is 4.74 Å². The Hall–Kier alpha value is -3.14. The van der Waals surface area contributed by atoms with Gasteiger partial charge in [-0.25, -0.2) is 9.59 Å². The number of nitrogens with one attached hydrogen (secondary N) is 3. The van der Waals surface area contributed by atoms with Gasteiger partial charge in [0.1, 0.15) is 12.6 Å². The topological polar surface area (TPSA) is 154 Å². The fraction of sp³-hybridized carbons (Fsp3) is 0.524. The number of aliphatic hydroxyl groups is 1. The Morgan fingerprint density at radius 3 is 2.35 bits per heavy atom. The second kappa shape index (κ2) is 14.0. The zero-order valence-corrected chi connectivity index (χ0v) is 17.8. The third-order valence-corrected chi connectivity index (χ3v) is 4.46. The molecule has 0 fully saturated rings. The van der Waals surface area contributed by atoms with Crippen molar-refractivity contribution in [3.63, 3.8) is 0 Å². The van der Waals surface area contributed by atoms with E-state index < -0.39 is 36.5 Å². The number of hydrogen-bond donors (Lipinski definition) is 5. The van der Waals surface area contributed by atoms with Crippen molar-refractivity contribution in [2.75, 3.05) is 26.3 Å². The molecule has 0 spiro atoms. The first-order valence-electron chi connectivity index (χ1n) is 10.1. The number of hydrogen-bond acceptors (Lipinski definition) is 6. The lowest BCUT2D eigenvalue weighted by molar-refractivity contribution is -0.150. The molecule has 5 N–H and O–H groups in total. The van der Waals surface area contributed by atoms with Crippen molar-refractivity contribution in [3.8, 4) is 0 Å². The molecule has 0 aromatic heterocycles. The van der Waals surface area contributed by atoms with Crippen LogP contribution in [0.5, 0.6) is 0 Å². The fourth-order valence-corrected chi connectivity index (χ4v) is 2.84. The molecule has 0 aliphatic rings. The van der Waals surface area contributed by atoms with Crippen LogP contribution in [-0.4, -0.2) is 66.4 Å². The third-order valence-electron chi connectivity index (χ3n) is 4.46. The molecule has 31 heavy (non-hydrogen) atoms. The summed E-state index contributed by atoms with van der Waals surface area (Å²) in [5.41, 5.74) is 0.784. The average molecular weight is 437 g/mol. The molecule has 0 bridgehead atoms. The van der Waals surface area contributed by atoms with Crippen molar-refractivity contribution in [2.45, 2.75) is 32.7 Å². The molecule has 0 radical (unpaired) electrons. The first-order chi connectivity index (χ1) is 14.7. The van der Waals surface area contributed by atoms with E-state index in [1.165, 1.54) is 6.92 Å².